The number of halogens is 2. The van der Waals surface area contributed by atoms with Gasteiger partial charge < -0.3 is 20.1 Å². The predicted octanol–water partition coefficient (Wildman–Crippen LogP) is 1.06. The van der Waals surface area contributed by atoms with Crippen molar-refractivity contribution >= 4 is 18.3 Å². The highest BCUT2D eigenvalue weighted by Gasteiger charge is 2.24. The molecule has 20 heavy (non-hydrogen) atoms. The van der Waals surface area contributed by atoms with E-state index in [2.05, 4.69) is 0 Å². The molecule has 0 bridgehead atoms. The molecule has 1 aliphatic heterocycles. The fourth-order valence-electron chi connectivity index (χ4n) is 2.03. The Balaban J connectivity index is 0.00000200. The van der Waals surface area contributed by atoms with Crippen LogP contribution < -0.4 is 10.5 Å². The summed E-state index contributed by atoms with van der Waals surface area (Å²) >= 11 is 0. The summed E-state index contributed by atoms with van der Waals surface area (Å²) in [6.07, 6.45) is -0.152. The average molecular weight is 305 g/mol. The Morgan fingerprint density at radius 1 is 1.60 bits per heavy atom. The second kappa shape index (κ2) is 7.42. The third-order valence-electron chi connectivity index (χ3n) is 3.09. The van der Waals surface area contributed by atoms with Gasteiger partial charge in [-0.1, -0.05) is 0 Å². The number of amides is 1. The van der Waals surface area contributed by atoms with Crippen molar-refractivity contribution in [2.75, 3.05) is 33.4 Å². The van der Waals surface area contributed by atoms with Gasteiger partial charge in [0.2, 0.25) is 0 Å². The van der Waals surface area contributed by atoms with Crippen LogP contribution in [0.2, 0.25) is 0 Å². The highest BCUT2D eigenvalue weighted by molar-refractivity contribution is 5.94. The SMILES string of the molecule is COc1ccc(C(=O)N2CCOC(CN)C2)cc1F.Cl. The minimum Gasteiger partial charge on any atom is -0.494 e. The lowest BCUT2D eigenvalue weighted by atomic mass is 10.1. The molecule has 0 saturated carbocycles. The zero-order valence-electron chi connectivity index (χ0n) is 11.2. The molecule has 0 aliphatic carbocycles. The van der Waals surface area contributed by atoms with E-state index in [-0.39, 0.29) is 30.2 Å². The second-order valence-corrected chi connectivity index (χ2v) is 4.33. The second-order valence-electron chi connectivity index (χ2n) is 4.33. The standard InChI is InChI=1S/C13H17FN2O3.ClH/c1-18-12-3-2-9(6-11(12)14)13(17)16-4-5-19-10(7-15)8-16;/h2-3,6,10H,4-5,7-8,15H2,1H3;1H. The summed E-state index contributed by atoms with van der Waals surface area (Å²) in [6.45, 7) is 1.74. The summed E-state index contributed by atoms with van der Waals surface area (Å²) in [5.41, 5.74) is 5.83. The van der Waals surface area contributed by atoms with Gasteiger partial charge in [0.1, 0.15) is 0 Å². The molecular formula is C13H18ClFN2O3. The summed E-state index contributed by atoms with van der Waals surface area (Å²) in [5, 5.41) is 0. The van der Waals surface area contributed by atoms with Crippen LogP contribution in [0.3, 0.4) is 0 Å². The molecule has 0 aromatic heterocycles. The number of ether oxygens (including phenoxy) is 2. The van der Waals surface area contributed by atoms with Gasteiger partial charge in [0, 0.05) is 25.2 Å². The molecule has 0 spiro atoms. The van der Waals surface area contributed by atoms with E-state index in [9.17, 15) is 9.18 Å². The number of rotatable bonds is 3. The first-order valence-corrected chi connectivity index (χ1v) is 6.10. The monoisotopic (exact) mass is 304 g/mol. The van der Waals surface area contributed by atoms with Crippen molar-refractivity contribution in [2.45, 2.75) is 6.10 Å². The molecule has 1 aliphatic rings. The zero-order chi connectivity index (χ0) is 13.8. The highest BCUT2D eigenvalue weighted by Crippen LogP contribution is 2.19. The van der Waals surface area contributed by atoms with E-state index >= 15 is 0 Å². The molecule has 1 saturated heterocycles. The number of hydrogen-bond donors (Lipinski definition) is 1. The zero-order valence-corrected chi connectivity index (χ0v) is 12.0. The molecule has 112 valence electrons. The molecule has 1 aromatic carbocycles. The highest BCUT2D eigenvalue weighted by atomic mass is 35.5. The smallest absolute Gasteiger partial charge is 0.254 e. The number of carbonyl (C=O) groups is 1. The van der Waals surface area contributed by atoms with E-state index in [4.69, 9.17) is 15.2 Å². The Kier molecular flexibility index (Phi) is 6.19. The Labute approximate surface area is 123 Å². The average Bonchev–Trinajstić information content (AvgIpc) is 2.46. The molecule has 5 nitrogen and oxygen atoms in total. The molecule has 1 aromatic rings. The van der Waals surface area contributed by atoms with Gasteiger partial charge >= 0.3 is 0 Å². The topological polar surface area (TPSA) is 64.8 Å². The Morgan fingerprint density at radius 3 is 2.95 bits per heavy atom. The van der Waals surface area contributed by atoms with Gasteiger partial charge in [-0.2, -0.15) is 0 Å². The summed E-state index contributed by atoms with van der Waals surface area (Å²) in [6, 6.07) is 4.19. The number of morpholine rings is 1. The van der Waals surface area contributed by atoms with Crippen molar-refractivity contribution < 1.29 is 18.7 Å². The minimum atomic E-state index is -0.544. The fraction of sp³-hybridized carbons (Fsp3) is 0.462. The quantitative estimate of drug-likeness (QED) is 0.907. The van der Waals surface area contributed by atoms with Crippen molar-refractivity contribution in [1.29, 1.82) is 0 Å². The molecule has 2 rings (SSSR count). The van der Waals surface area contributed by atoms with Crippen LogP contribution in [0.1, 0.15) is 10.4 Å². The lowest BCUT2D eigenvalue weighted by Crippen LogP contribution is -2.48. The van der Waals surface area contributed by atoms with Gasteiger partial charge in [-0.3, -0.25) is 4.79 Å². The van der Waals surface area contributed by atoms with Crippen LogP contribution >= 0.6 is 12.4 Å². The van der Waals surface area contributed by atoms with Gasteiger partial charge in [-0.25, -0.2) is 4.39 Å². The maximum Gasteiger partial charge on any atom is 0.254 e. The van der Waals surface area contributed by atoms with Crippen molar-refractivity contribution in [2.24, 2.45) is 5.73 Å². The summed E-state index contributed by atoms with van der Waals surface area (Å²) in [7, 11) is 1.38. The molecule has 1 fully saturated rings. The van der Waals surface area contributed by atoms with Crippen molar-refractivity contribution in [3.8, 4) is 5.75 Å². The van der Waals surface area contributed by atoms with Crippen LogP contribution in [0.4, 0.5) is 4.39 Å². The largest absolute Gasteiger partial charge is 0.494 e. The molecule has 1 atom stereocenters. The number of carbonyl (C=O) groups excluding carboxylic acids is 1. The number of hydrogen-bond acceptors (Lipinski definition) is 4. The molecule has 7 heteroatoms. The van der Waals surface area contributed by atoms with Crippen LogP contribution in [0.25, 0.3) is 0 Å². The fourth-order valence-corrected chi connectivity index (χ4v) is 2.03. The van der Waals surface area contributed by atoms with Gasteiger partial charge in [0.25, 0.3) is 5.91 Å². The summed E-state index contributed by atoms with van der Waals surface area (Å²) in [5.74, 6) is -0.640. The Hall–Kier alpha value is -1.37. The summed E-state index contributed by atoms with van der Waals surface area (Å²) < 4.78 is 23.8. The van der Waals surface area contributed by atoms with Gasteiger partial charge in [0.05, 0.1) is 19.8 Å². The normalized spacial score (nSPS) is 18.4. The predicted molar refractivity (Wildman–Crippen MR) is 74.9 cm³/mol. The number of nitrogens with two attached hydrogens (primary N) is 1. The third kappa shape index (κ3) is 3.59. The van der Waals surface area contributed by atoms with Crippen LogP contribution in [0.5, 0.6) is 5.75 Å². The molecule has 1 unspecified atom stereocenters. The number of nitrogens with zero attached hydrogens (tertiary/aromatic N) is 1. The first-order chi connectivity index (χ1) is 9.15. The lowest BCUT2D eigenvalue weighted by Gasteiger charge is -2.32. The molecule has 1 amide bonds. The third-order valence-corrected chi connectivity index (χ3v) is 3.09. The minimum absolute atomic E-state index is 0. The first-order valence-electron chi connectivity index (χ1n) is 6.10. The molecular weight excluding hydrogens is 287 g/mol. The van der Waals surface area contributed by atoms with E-state index in [1.54, 1.807) is 11.0 Å². The first kappa shape index (κ1) is 16.7. The van der Waals surface area contributed by atoms with E-state index in [0.29, 0.717) is 31.8 Å². The van der Waals surface area contributed by atoms with E-state index in [1.807, 2.05) is 0 Å². The Bertz CT molecular complexity index is 473. The maximum absolute atomic E-state index is 13.6. The van der Waals surface area contributed by atoms with Gasteiger partial charge in [-0.05, 0) is 18.2 Å². The Morgan fingerprint density at radius 2 is 2.35 bits per heavy atom. The summed E-state index contributed by atoms with van der Waals surface area (Å²) in [4.78, 5) is 13.9. The molecule has 0 radical (unpaired) electrons. The van der Waals surface area contributed by atoms with E-state index in [1.165, 1.54) is 19.2 Å². The van der Waals surface area contributed by atoms with Crippen molar-refractivity contribution in [3.63, 3.8) is 0 Å². The maximum atomic E-state index is 13.6. The van der Waals surface area contributed by atoms with Crippen molar-refractivity contribution in [1.82, 2.24) is 4.90 Å². The molecule has 2 N–H and O–H groups in total. The van der Waals surface area contributed by atoms with Crippen LogP contribution in [0, 0.1) is 5.82 Å². The van der Waals surface area contributed by atoms with Gasteiger partial charge in [-0.15, -0.1) is 12.4 Å². The van der Waals surface area contributed by atoms with Crippen LogP contribution in [0.15, 0.2) is 18.2 Å². The van der Waals surface area contributed by atoms with Gasteiger partial charge in [0.15, 0.2) is 11.6 Å². The van der Waals surface area contributed by atoms with Crippen molar-refractivity contribution in [3.05, 3.63) is 29.6 Å². The number of methoxy groups -OCH3 is 1. The number of benzene rings is 1. The van der Waals surface area contributed by atoms with Crippen LogP contribution in [-0.2, 0) is 4.74 Å². The lowest BCUT2D eigenvalue weighted by molar-refractivity contribution is -0.0167. The van der Waals surface area contributed by atoms with Crippen LogP contribution in [-0.4, -0.2) is 50.3 Å². The van der Waals surface area contributed by atoms with E-state index in [0.717, 1.165) is 0 Å². The van der Waals surface area contributed by atoms with E-state index < -0.39 is 5.82 Å². The molecule has 1 heterocycles.